The van der Waals surface area contributed by atoms with Gasteiger partial charge in [-0.3, -0.25) is 9.36 Å². The van der Waals surface area contributed by atoms with Gasteiger partial charge < -0.3 is 15.1 Å². The van der Waals surface area contributed by atoms with Crippen LogP contribution in [0.5, 0.6) is 0 Å². The average molecular weight is 508 g/mol. The van der Waals surface area contributed by atoms with Gasteiger partial charge in [-0.1, -0.05) is 60.1 Å². The summed E-state index contributed by atoms with van der Waals surface area (Å²) < 4.78 is 13.2. The van der Waals surface area contributed by atoms with Gasteiger partial charge in [-0.05, 0) is 69.1 Å². The van der Waals surface area contributed by atoms with Gasteiger partial charge in [-0.2, -0.15) is 0 Å². The van der Waals surface area contributed by atoms with E-state index in [0.29, 0.717) is 16.3 Å². The number of rotatable bonds is 5. The number of amides is 1. The molecule has 5 nitrogen and oxygen atoms in total. The van der Waals surface area contributed by atoms with Gasteiger partial charge in [-0.25, -0.2) is 0 Å². The molecular weight excluding hydrogens is 489 g/mol. The van der Waals surface area contributed by atoms with Crippen LogP contribution in [-0.2, 0) is 9.36 Å². The Kier molecular flexibility index (Phi) is 6.02. The van der Waals surface area contributed by atoms with E-state index in [1.54, 1.807) is 30.3 Å². The van der Waals surface area contributed by atoms with E-state index < -0.39 is 19.4 Å². The lowest BCUT2D eigenvalue weighted by Crippen LogP contribution is -2.26. The number of halogens is 1. The standard InChI is InChI=1S/C26H19ClNO4PS/c27-18-10-12-24-21(14-18)22(15-34-24)25(20-7-3-4-8-23(20)33(30,31)32)26(29)28-19-11-9-16-5-1-2-6-17(16)13-19/h1-15,25H,(H,28,29)(H2,30,31,32). The van der Waals surface area contributed by atoms with Crippen molar-refractivity contribution in [2.75, 3.05) is 5.32 Å². The molecule has 0 bridgehead atoms. The summed E-state index contributed by atoms with van der Waals surface area (Å²) in [6, 6.07) is 25.0. The Morgan fingerprint density at radius 2 is 1.62 bits per heavy atom. The molecule has 170 valence electrons. The maximum atomic E-state index is 13.8. The van der Waals surface area contributed by atoms with E-state index in [9.17, 15) is 19.1 Å². The van der Waals surface area contributed by atoms with Crippen molar-refractivity contribution >= 4 is 68.3 Å². The van der Waals surface area contributed by atoms with Gasteiger partial charge in [0, 0.05) is 15.4 Å². The normalized spacial score (nSPS) is 12.7. The molecule has 5 aromatic rings. The number of thiophene rings is 1. The lowest BCUT2D eigenvalue weighted by molar-refractivity contribution is -0.116. The van der Waals surface area contributed by atoms with Crippen LogP contribution in [0.2, 0.25) is 5.02 Å². The Bertz CT molecular complexity index is 1590. The van der Waals surface area contributed by atoms with Gasteiger partial charge in [-0.15, -0.1) is 11.3 Å². The minimum Gasteiger partial charge on any atom is -0.325 e. The topological polar surface area (TPSA) is 86.6 Å². The summed E-state index contributed by atoms with van der Waals surface area (Å²) in [6.07, 6.45) is 0. The highest BCUT2D eigenvalue weighted by atomic mass is 35.5. The summed E-state index contributed by atoms with van der Waals surface area (Å²) in [5, 5.41) is 7.95. The lowest BCUT2D eigenvalue weighted by atomic mass is 9.90. The smallest absolute Gasteiger partial charge is 0.325 e. The van der Waals surface area contributed by atoms with E-state index in [1.807, 2.05) is 53.9 Å². The van der Waals surface area contributed by atoms with Crippen molar-refractivity contribution in [1.29, 1.82) is 0 Å². The van der Waals surface area contributed by atoms with Gasteiger partial charge in [0.05, 0.1) is 11.2 Å². The zero-order valence-corrected chi connectivity index (χ0v) is 20.1. The first-order chi connectivity index (χ1) is 16.3. The average Bonchev–Trinajstić information content (AvgIpc) is 3.21. The van der Waals surface area contributed by atoms with Crippen molar-refractivity contribution in [3.05, 3.63) is 106 Å². The molecule has 0 saturated carbocycles. The number of hydrogen-bond acceptors (Lipinski definition) is 3. The van der Waals surface area contributed by atoms with E-state index in [2.05, 4.69) is 5.32 Å². The highest BCUT2D eigenvalue weighted by molar-refractivity contribution is 7.60. The number of carbonyl (C=O) groups is 1. The highest BCUT2D eigenvalue weighted by Crippen LogP contribution is 2.41. The molecule has 1 atom stereocenters. The van der Waals surface area contributed by atoms with Gasteiger partial charge in [0.25, 0.3) is 0 Å². The monoisotopic (exact) mass is 507 g/mol. The predicted octanol–water partition coefficient (Wildman–Crippen LogP) is 6.28. The summed E-state index contributed by atoms with van der Waals surface area (Å²) in [5.74, 6) is -1.35. The second kappa shape index (κ2) is 8.99. The van der Waals surface area contributed by atoms with E-state index in [1.165, 1.54) is 17.4 Å². The van der Waals surface area contributed by atoms with Gasteiger partial charge in [0.2, 0.25) is 5.91 Å². The zero-order valence-electron chi connectivity index (χ0n) is 17.7. The summed E-state index contributed by atoms with van der Waals surface area (Å²) in [7, 11) is -4.64. The second-order valence-electron chi connectivity index (χ2n) is 7.92. The first kappa shape index (κ1) is 22.8. The van der Waals surface area contributed by atoms with Crippen molar-refractivity contribution in [3.63, 3.8) is 0 Å². The zero-order chi connectivity index (χ0) is 23.9. The summed E-state index contributed by atoms with van der Waals surface area (Å²) in [5.41, 5.74) is 1.50. The highest BCUT2D eigenvalue weighted by Gasteiger charge is 2.32. The summed E-state index contributed by atoms with van der Waals surface area (Å²) in [4.78, 5) is 33.8. The quantitative estimate of drug-likeness (QED) is 0.244. The van der Waals surface area contributed by atoms with E-state index in [-0.39, 0.29) is 10.9 Å². The summed E-state index contributed by atoms with van der Waals surface area (Å²) in [6.45, 7) is 0. The van der Waals surface area contributed by atoms with Crippen molar-refractivity contribution in [2.24, 2.45) is 0 Å². The molecule has 0 aliphatic heterocycles. The maximum Gasteiger partial charge on any atom is 0.356 e. The first-order valence-electron chi connectivity index (χ1n) is 10.4. The molecule has 5 rings (SSSR count). The van der Waals surface area contributed by atoms with Crippen molar-refractivity contribution in [2.45, 2.75) is 5.92 Å². The largest absolute Gasteiger partial charge is 0.356 e. The fraction of sp³-hybridized carbons (Fsp3) is 0.0385. The third-order valence-corrected chi connectivity index (χ3v) is 7.97. The second-order valence-corrected chi connectivity index (χ2v) is 10.8. The van der Waals surface area contributed by atoms with Crippen LogP contribution in [0.1, 0.15) is 17.0 Å². The molecule has 34 heavy (non-hydrogen) atoms. The van der Waals surface area contributed by atoms with Gasteiger partial charge >= 0.3 is 7.60 Å². The Balaban J connectivity index is 1.65. The maximum absolute atomic E-state index is 13.8. The third-order valence-electron chi connectivity index (χ3n) is 5.72. The number of anilines is 1. The fourth-order valence-corrected chi connectivity index (χ4v) is 6.13. The Labute approximate surface area is 204 Å². The molecule has 8 heteroatoms. The van der Waals surface area contributed by atoms with Gasteiger partial charge in [0.15, 0.2) is 0 Å². The molecule has 3 N–H and O–H groups in total. The molecule has 0 fully saturated rings. The van der Waals surface area contributed by atoms with Crippen LogP contribution in [0.15, 0.2) is 90.3 Å². The molecule has 0 aliphatic carbocycles. The minimum absolute atomic E-state index is 0.171. The van der Waals surface area contributed by atoms with Crippen molar-refractivity contribution < 1.29 is 19.1 Å². The lowest BCUT2D eigenvalue weighted by Gasteiger charge is -2.21. The van der Waals surface area contributed by atoms with Gasteiger partial charge in [0.1, 0.15) is 0 Å². The Hall–Kier alpha value is -2.99. The Morgan fingerprint density at radius 1 is 0.882 bits per heavy atom. The SMILES string of the molecule is O=C(Nc1ccc2ccccc2c1)C(c1ccccc1P(=O)(O)O)c1csc2ccc(Cl)cc12. The van der Waals surface area contributed by atoms with Crippen LogP contribution in [0.4, 0.5) is 5.69 Å². The van der Waals surface area contributed by atoms with E-state index >= 15 is 0 Å². The summed E-state index contributed by atoms with van der Waals surface area (Å²) >= 11 is 7.70. The number of benzene rings is 4. The van der Waals surface area contributed by atoms with E-state index in [0.717, 1.165) is 20.9 Å². The molecule has 0 saturated heterocycles. The van der Waals surface area contributed by atoms with Crippen molar-refractivity contribution in [3.8, 4) is 0 Å². The number of nitrogens with one attached hydrogen (secondary N) is 1. The van der Waals surface area contributed by atoms with Crippen LogP contribution in [0, 0.1) is 0 Å². The molecule has 1 amide bonds. The Morgan fingerprint density at radius 3 is 2.41 bits per heavy atom. The van der Waals surface area contributed by atoms with Crippen LogP contribution in [0.3, 0.4) is 0 Å². The molecular formula is C26H19ClNO4PS. The van der Waals surface area contributed by atoms with Crippen LogP contribution >= 0.6 is 30.5 Å². The molecule has 1 aromatic heterocycles. The molecule has 4 aromatic carbocycles. The van der Waals surface area contributed by atoms with Crippen LogP contribution in [-0.4, -0.2) is 15.7 Å². The minimum atomic E-state index is -4.64. The number of carbonyl (C=O) groups excluding carboxylic acids is 1. The molecule has 0 spiro atoms. The number of hydrogen-bond donors (Lipinski definition) is 3. The fourth-order valence-electron chi connectivity index (χ4n) is 4.17. The number of fused-ring (bicyclic) bond motifs is 2. The third kappa shape index (κ3) is 4.39. The molecule has 1 unspecified atom stereocenters. The van der Waals surface area contributed by atoms with Crippen LogP contribution < -0.4 is 10.6 Å². The first-order valence-corrected chi connectivity index (χ1v) is 13.3. The van der Waals surface area contributed by atoms with Crippen molar-refractivity contribution in [1.82, 2.24) is 0 Å². The molecule has 0 aliphatic rings. The molecule has 1 heterocycles. The van der Waals surface area contributed by atoms with E-state index in [4.69, 9.17) is 11.6 Å². The molecule has 0 radical (unpaired) electrons. The van der Waals surface area contributed by atoms with Crippen LogP contribution in [0.25, 0.3) is 20.9 Å². The predicted molar refractivity (Wildman–Crippen MR) is 139 cm³/mol.